The molecule has 1 N–H and O–H groups in total. The molecular weight excluding hydrogens is 258 g/mol. The molecule has 2 aromatic carbocycles. The van der Waals surface area contributed by atoms with E-state index in [4.69, 9.17) is 4.74 Å². The quantitative estimate of drug-likeness (QED) is 0.623. The molecule has 0 atom stereocenters. The fourth-order valence-electron chi connectivity index (χ4n) is 1.86. The second kappa shape index (κ2) is 9.65. The van der Waals surface area contributed by atoms with E-state index in [1.54, 1.807) is 0 Å². The molecule has 1 heterocycles. The molecule has 0 saturated carbocycles. The van der Waals surface area contributed by atoms with Gasteiger partial charge in [-0.05, 0) is 29.8 Å². The predicted molar refractivity (Wildman–Crippen MR) is 93.9 cm³/mol. The lowest BCUT2D eigenvalue weighted by atomic mass is 10.2. The summed E-state index contributed by atoms with van der Waals surface area (Å²) in [5, 5.41) is 1.18. The van der Waals surface area contributed by atoms with Gasteiger partial charge in [0, 0.05) is 18.5 Å². The minimum atomic E-state index is 0. The van der Waals surface area contributed by atoms with E-state index in [1.807, 2.05) is 70.3 Å². The van der Waals surface area contributed by atoms with Gasteiger partial charge in [0.2, 0.25) is 0 Å². The normalized spacial score (nSPS) is 9.14. The maximum Gasteiger partial charge on any atom is 0.120 e. The molecule has 1 aromatic heterocycles. The van der Waals surface area contributed by atoms with Crippen molar-refractivity contribution >= 4 is 10.9 Å². The Balaban J connectivity index is 0.000000819. The third-order valence-corrected chi connectivity index (χ3v) is 2.77. The summed E-state index contributed by atoms with van der Waals surface area (Å²) in [5.41, 5.74) is 2.32. The first-order valence-corrected chi connectivity index (χ1v) is 7.66. The maximum absolute atomic E-state index is 5.76. The molecule has 0 aliphatic heterocycles. The van der Waals surface area contributed by atoms with Crippen molar-refractivity contribution in [2.24, 2.45) is 0 Å². The van der Waals surface area contributed by atoms with Crippen LogP contribution in [0, 0.1) is 0 Å². The van der Waals surface area contributed by atoms with Crippen LogP contribution < -0.4 is 4.74 Å². The van der Waals surface area contributed by atoms with E-state index in [1.165, 1.54) is 10.9 Å². The van der Waals surface area contributed by atoms with Crippen LogP contribution >= 0.6 is 0 Å². The summed E-state index contributed by atoms with van der Waals surface area (Å²) in [6.07, 6.45) is 1.94. The summed E-state index contributed by atoms with van der Waals surface area (Å²) in [4.78, 5) is 3.16. The number of fused-ring (bicyclic) bond motifs is 1. The van der Waals surface area contributed by atoms with E-state index in [9.17, 15) is 0 Å². The van der Waals surface area contributed by atoms with Crippen LogP contribution in [0.15, 0.2) is 60.8 Å². The number of aromatic nitrogens is 1. The monoisotopic (exact) mass is 285 g/mol. The highest BCUT2D eigenvalue weighted by Crippen LogP contribution is 2.20. The summed E-state index contributed by atoms with van der Waals surface area (Å²) < 4.78 is 5.76. The van der Waals surface area contributed by atoms with Gasteiger partial charge in [-0.3, -0.25) is 0 Å². The molecule has 0 radical (unpaired) electrons. The molecule has 3 aromatic rings. The molecule has 2 heteroatoms. The molecule has 3 rings (SSSR count). The number of benzene rings is 2. The second-order valence-electron chi connectivity index (χ2n) is 4.00. The second-order valence-corrected chi connectivity index (χ2v) is 4.00. The van der Waals surface area contributed by atoms with Crippen LogP contribution in [-0.2, 0) is 6.61 Å². The summed E-state index contributed by atoms with van der Waals surface area (Å²) in [6.45, 7) is 8.61. The van der Waals surface area contributed by atoms with Crippen molar-refractivity contribution in [2.75, 3.05) is 0 Å². The molecule has 0 amide bonds. The van der Waals surface area contributed by atoms with Crippen LogP contribution in [0.5, 0.6) is 5.75 Å². The van der Waals surface area contributed by atoms with E-state index in [2.05, 4.69) is 23.2 Å². The summed E-state index contributed by atoms with van der Waals surface area (Å²) in [7, 11) is 0. The highest BCUT2D eigenvalue weighted by Gasteiger charge is 1.98. The number of rotatable bonds is 3. The average molecular weight is 285 g/mol. The first-order chi connectivity index (χ1) is 10.4. The van der Waals surface area contributed by atoms with Crippen molar-refractivity contribution in [1.29, 1.82) is 0 Å². The van der Waals surface area contributed by atoms with Crippen molar-refractivity contribution in [3.63, 3.8) is 0 Å². The van der Waals surface area contributed by atoms with Gasteiger partial charge in [0.05, 0.1) is 0 Å². The van der Waals surface area contributed by atoms with Gasteiger partial charge in [0.15, 0.2) is 0 Å². The Morgan fingerprint density at radius 3 is 2.33 bits per heavy atom. The Labute approximate surface area is 129 Å². The smallest absolute Gasteiger partial charge is 0.120 e. The molecule has 2 nitrogen and oxygen atoms in total. The van der Waals surface area contributed by atoms with Gasteiger partial charge in [-0.15, -0.1) is 0 Å². The molecule has 0 aliphatic carbocycles. The molecule has 0 bridgehead atoms. The van der Waals surface area contributed by atoms with Crippen molar-refractivity contribution in [2.45, 2.75) is 34.3 Å². The van der Waals surface area contributed by atoms with Gasteiger partial charge in [0.1, 0.15) is 12.4 Å². The zero-order valence-electron chi connectivity index (χ0n) is 13.4. The summed E-state index contributed by atoms with van der Waals surface area (Å²) >= 11 is 0. The maximum atomic E-state index is 5.76. The minimum Gasteiger partial charge on any atom is -0.489 e. The first kappa shape index (κ1) is 16.8. The molecule has 0 fully saturated rings. The Kier molecular flexibility index (Phi) is 7.73. The largest absolute Gasteiger partial charge is 0.489 e. The third kappa shape index (κ3) is 4.99. The Bertz CT molecular complexity index is 619. The number of hydrogen-bond donors (Lipinski definition) is 1. The van der Waals surface area contributed by atoms with E-state index in [-0.39, 0.29) is 1.43 Å². The fourth-order valence-corrected chi connectivity index (χ4v) is 1.86. The number of hydrogen-bond acceptors (Lipinski definition) is 1. The molecule has 0 spiro atoms. The lowest BCUT2D eigenvalue weighted by Crippen LogP contribution is -1.94. The van der Waals surface area contributed by atoms with Gasteiger partial charge in [-0.2, -0.15) is 0 Å². The molecule has 0 unspecified atom stereocenters. The van der Waals surface area contributed by atoms with Crippen LogP contribution in [0.2, 0.25) is 0 Å². The number of H-pyrrole nitrogens is 1. The fraction of sp³-hybridized carbons (Fsp3) is 0.263. The Morgan fingerprint density at radius 1 is 0.905 bits per heavy atom. The van der Waals surface area contributed by atoms with Crippen molar-refractivity contribution in [3.05, 3.63) is 66.4 Å². The van der Waals surface area contributed by atoms with Crippen LogP contribution in [-0.4, -0.2) is 4.98 Å². The third-order valence-electron chi connectivity index (χ3n) is 2.77. The highest BCUT2D eigenvalue weighted by atomic mass is 16.5. The van der Waals surface area contributed by atoms with Crippen LogP contribution in [0.4, 0.5) is 0 Å². The summed E-state index contributed by atoms with van der Waals surface area (Å²) in [6, 6.07) is 18.3. The number of nitrogens with one attached hydrogen (secondary N) is 1. The lowest BCUT2D eigenvalue weighted by molar-refractivity contribution is 0.306. The lowest BCUT2D eigenvalue weighted by Gasteiger charge is -2.06. The van der Waals surface area contributed by atoms with Crippen LogP contribution in [0.3, 0.4) is 0 Å². The van der Waals surface area contributed by atoms with E-state index >= 15 is 0 Å². The Hall–Kier alpha value is -2.22. The molecule has 0 saturated heterocycles. The summed E-state index contributed by atoms with van der Waals surface area (Å²) in [5.74, 6) is 0.904. The topological polar surface area (TPSA) is 25.0 Å². The van der Waals surface area contributed by atoms with Gasteiger partial charge < -0.3 is 9.72 Å². The van der Waals surface area contributed by atoms with Crippen molar-refractivity contribution < 1.29 is 6.16 Å². The van der Waals surface area contributed by atoms with Crippen LogP contribution in [0.1, 0.15) is 34.7 Å². The van der Waals surface area contributed by atoms with Gasteiger partial charge in [-0.1, -0.05) is 58.0 Å². The SMILES string of the molecule is CC.CC.[HH].c1ccc(COc2ccc3[nH]ccc3c2)cc1. The molecule has 21 heavy (non-hydrogen) atoms. The zero-order chi connectivity index (χ0) is 15.5. The standard InChI is InChI=1S/C15H13NO.2C2H6.H2/c1-2-4-12(5-3-1)11-17-14-6-7-15-13(10-14)8-9-16-15;2*1-2;/h1-10,16H,11H2;2*1-2H3;1H. The van der Waals surface area contributed by atoms with E-state index in [0.717, 1.165) is 11.3 Å². The predicted octanol–water partition coefficient (Wildman–Crippen LogP) is 6.05. The van der Waals surface area contributed by atoms with Gasteiger partial charge >= 0.3 is 0 Å². The molecular formula is C19H27NO. The average Bonchev–Trinajstić information content (AvgIpc) is 3.05. The van der Waals surface area contributed by atoms with E-state index in [0.29, 0.717) is 6.61 Å². The Morgan fingerprint density at radius 2 is 1.62 bits per heavy atom. The van der Waals surface area contributed by atoms with E-state index < -0.39 is 0 Å². The molecule has 0 aliphatic rings. The zero-order valence-corrected chi connectivity index (χ0v) is 13.4. The van der Waals surface area contributed by atoms with Crippen molar-refractivity contribution in [1.82, 2.24) is 4.98 Å². The van der Waals surface area contributed by atoms with Gasteiger partial charge in [0.25, 0.3) is 0 Å². The minimum absolute atomic E-state index is 0. The van der Waals surface area contributed by atoms with Crippen molar-refractivity contribution in [3.8, 4) is 5.75 Å². The number of ether oxygens (including phenoxy) is 1. The number of aromatic amines is 1. The molecule has 114 valence electrons. The van der Waals surface area contributed by atoms with Crippen LogP contribution in [0.25, 0.3) is 10.9 Å². The first-order valence-electron chi connectivity index (χ1n) is 7.66. The van der Waals surface area contributed by atoms with Gasteiger partial charge in [-0.25, -0.2) is 0 Å². The highest BCUT2D eigenvalue weighted by molar-refractivity contribution is 5.80.